The third-order valence-corrected chi connectivity index (χ3v) is 6.31. The minimum Gasteiger partial charge on any atom is -0.423 e. The maximum atomic E-state index is 13.6. The van der Waals surface area contributed by atoms with Crippen LogP contribution in [0.2, 0.25) is 0 Å². The standard InChI is InChI=1S/C21H22F3N7O2/c1-11-6-15-9-20(8-11,18-28-27-13(3)33-18)31(15)19(32)25-14-4-5-16(21(22,23)24)17(7-14)30-10-12(2)26-29-30/h4-5,7,10-11,15H,6,8-9H2,1-3H3,(H,25,32)/t11-,15-,20?/m1/s1. The molecule has 0 saturated carbocycles. The van der Waals surface area contributed by atoms with Crippen molar-refractivity contribution in [3.05, 3.63) is 47.4 Å². The number of fused-ring (bicyclic) bond motifs is 2. The van der Waals surface area contributed by atoms with Gasteiger partial charge in [-0.05, 0) is 43.9 Å². The van der Waals surface area contributed by atoms with Gasteiger partial charge < -0.3 is 14.6 Å². The Morgan fingerprint density at radius 2 is 2.00 bits per heavy atom. The molecule has 2 aliphatic rings. The third kappa shape index (κ3) is 3.53. The Kier molecular flexibility index (Phi) is 4.73. The number of halogens is 3. The predicted molar refractivity (Wildman–Crippen MR) is 109 cm³/mol. The minimum atomic E-state index is -4.60. The first kappa shape index (κ1) is 21.4. The van der Waals surface area contributed by atoms with Crippen LogP contribution in [0.3, 0.4) is 0 Å². The van der Waals surface area contributed by atoms with Crippen molar-refractivity contribution in [2.24, 2.45) is 5.92 Å². The number of anilines is 1. The van der Waals surface area contributed by atoms with Gasteiger partial charge in [0.1, 0.15) is 5.54 Å². The number of hydrogen-bond acceptors (Lipinski definition) is 6. The number of rotatable bonds is 3. The normalized spacial score (nSPS) is 24.5. The highest BCUT2D eigenvalue weighted by Gasteiger charge is 2.62. The molecule has 1 aromatic carbocycles. The van der Waals surface area contributed by atoms with E-state index in [1.165, 1.54) is 18.3 Å². The summed E-state index contributed by atoms with van der Waals surface area (Å²) < 4.78 is 47.5. The van der Waals surface area contributed by atoms with Crippen LogP contribution in [0.15, 0.2) is 28.8 Å². The lowest BCUT2D eigenvalue weighted by atomic mass is 9.64. The van der Waals surface area contributed by atoms with Crippen LogP contribution in [-0.2, 0) is 11.7 Å². The Balaban J connectivity index is 1.46. The summed E-state index contributed by atoms with van der Waals surface area (Å²) in [6.45, 7) is 5.43. The first-order valence-corrected chi connectivity index (χ1v) is 10.6. The molecular weight excluding hydrogens is 439 g/mol. The number of piperidine rings is 1. The van der Waals surface area contributed by atoms with Crippen molar-refractivity contribution >= 4 is 11.7 Å². The summed E-state index contributed by atoms with van der Waals surface area (Å²) in [5.41, 5.74) is -1.12. The van der Waals surface area contributed by atoms with Gasteiger partial charge in [-0.3, -0.25) is 0 Å². The third-order valence-electron chi connectivity index (χ3n) is 6.31. The second kappa shape index (κ2) is 7.29. The van der Waals surface area contributed by atoms with Gasteiger partial charge in [0.2, 0.25) is 11.8 Å². The van der Waals surface area contributed by atoms with E-state index in [9.17, 15) is 18.0 Å². The number of amides is 2. The molecule has 12 heteroatoms. The second-order valence-corrected chi connectivity index (χ2v) is 8.90. The maximum Gasteiger partial charge on any atom is 0.418 e. The molecule has 174 valence electrons. The van der Waals surface area contributed by atoms with Crippen molar-refractivity contribution in [2.45, 2.75) is 57.8 Å². The van der Waals surface area contributed by atoms with Crippen LogP contribution in [0.5, 0.6) is 0 Å². The second-order valence-electron chi connectivity index (χ2n) is 8.90. The molecule has 3 aromatic rings. The first-order chi connectivity index (χ1) is 15.6. The maximum absolute atomic E-state index is 13.6. The lowest BCUT2D eigenvalue weighted by molar-refractivity contribution is -0.137. The summed E-state index contributed by atoms with van der Waals surface area (Å²) in [5.74, 6) is 1.18. The molecule has 1 unspecified atom stereocenters. The molecule has 3 atom stereocenters. The molecule has 9 nitrogen and oxygen atoms in total. The average Bonchev–Trinajstić information content (AvgIpc) is 3.35. The molecule has 2 aliphatic heterocycles. The summed E-state index contributed by atoms with van der Waals surface area (Å²) in [6.07, 6.45) is -0.983. The lowest BCUT2D eigenvalue weighted by Gasteiger charge is -2.61. The number of aryl methyl sites for hydroxylation is 2. The molecule has 2 fully saturated rings. The number of alkyl halides is 3. The molecule has 2 bridgehead atoms. The fraction of sp³-hybridized carbons (Fsp3) is 0.476. The number of carbonyl (C=O) groups is 1. The summed E-state index contributed by atoms with van der Waals surface area (Å²) in [5, 5.41) is 18.4. The Morgan fingerprint density at radius 1 is 1.21 bits per heavy atom. The summed E-state index contributed by atoms with van der Waals surface area (Å²) in [6, 6.07) is 2.98. The van der Waals surface area contributed by atoms with Crippen LogP contribution >= 0.6 is 0 Å². The number of urea groups is 1. The largest absolute Gasteiger partial charge is 0.423 e. The molecule has 33 heavy (non-hydrogen) atoms. The summed E-state index contributed by atoms with van der Waals surface area (Å²) in [7, 11) is 0. The number of aromatic nitrogens is 5. The summed E-state index contributed by atoms with van der Waals surface area (Å²) in [4.78, 5) is 15.0. The molecule has 4 heterocycles. The number of nitrogens with zero attached hydrogens (tertiary/aromatic N) is 6. The number of benzene rings is 1. The zero-order valence-corrected chi connectivity index (χ0v) is 18.2. The van der Waals surface area contributed by atoms with Crippen molar-refractivity contribution in [1.82, 2.24) is 30.1 Å². The zero-order chi connectivity index (χ0) is 23.5. The van der Waals surface area contributed by atoms with Gasteiger partial charge in [0.25, 0.3) is 0 Å². The van der Waals surface area contributed by atoms with E-state index in [2.05, 4.69) is 32.7 Å². The van der Waals surface area contributed by atoms with Gasteiger partial charge in [-0.1, -0.05) is 12.1 Å². The van der Waals surface area contributed by atoms with Gasteiger partial charge in [-0.15, -0.1) is 15.3 Å². The predicted octanol–water partition coefficient (Wildman–Crippen LogP) is 4.22. The van der Waals surface area contributed by atoms with Crippen molar-refractivity contribution in [3.63, 3.8) is 0 Å². The van der Waals surface area contributed by atoms with E-state index in [0.717, 1.165) is 17.2 Å². The Labute approximate surface area is 187 Å². The molecule has 1 N–H and O–H groups in total. The van der Waals surface area contributed by atoms with Crippen LogP contribution in [0.4, 0.5) is 23.7 Å². The monoisotopic (exact) mass is 461 g/mol. The van der Waals surface area contributed by atoms with E-state index in [1.54, 1.807) is 18.7 Å². The SMILES string of the molecule is Cc1cn(-c2cc(NC(=O)N3[C@@H]4C[C@@H](C)CC3(c3nnc(C)o3)C4)ccc2C(F)(F)F)nn1. The molecule has 0 radical (unpaired) electrons. The number of nitrogens with one attached hydrogen (secondary N) is 1. The summed E-state index contributed by atoms with van der Waals surface area (Å²) >= 11 is 0. The minimum absolute atomic E-state index is 0.00663. The number of hydrogen-bond donors (Lipinski definition) is 1. The number of carbonyl (C=O) groups excluding carboxylic acids is 1. The molecule has 0 aliphatic carbocycles. The zero-order valence-electron chi connectivity index (χ0n) is 18.2. The van der Waals surface area contributed by atoms with E-state index in [-0.39, 0.29) is 17.4 Å². The molecule has 5 rings (SSSR count). The molecule has 2 amide bonds. The van der Waals surface area contributed by atoms with Crippen molar-refractivity contribution in [3.8, 4) is 5.69 Å². The highest BCUT2D eigenvalue weighted by Crippen LogP contribution is 2.55. The topological polar surface area (TPSA) is 102 Å². The van der Waals surface area contributed by atoms with Crippen molar-refractivity contribution < 1.29 is 22.4 Å². The Morgan fingerprint density at radius 3 is 2.64 bits per heavy atom. The highest BCUT2D eigenvalue weighted by atomic mass is 19.4. The van der Waals surface area contributed by atoms with Crippen molar-refractivity contribution in [2.75, 3.05) is 5.32 Å². The first-order valence-electron chi connectivity index (χ1n) is 10.6. The fourth-order valence-corrected chi connectivity index (χ4v) is 5.12. The van der Waals surface area contributed by atoms with Crippen LogP contribution < -0.4 is 5.32 Å². The van der Waals surface area contributed by atoms with Crippen LogP contribution in [0.25, 0.3) is 5.69 Å². The average molecular weight is 461 g/mol. The van der Waals surface area contributed by atoms with Gasteiger partial charge in [0, 0.05) is 25.1 Å². The highest BCUT2D eigenvalue weighted by molar-refractivity contribution is 5.91. The van der Waals surface area contributed by atoms with Gasteiger partial charge >= 0.3 is 12.2 Å². The molecule has 2 saturated heterocycles. The smallest absolute Gasteiger partial charge is 0.418 e. The fourth-order valence-electron chi connectivity index (χ4n) is 5.12. The molecular formula is C21H22F3N7O2. The Bertz CT molecular complexity index is 1220. The Hall–Kier alpha value is -3.44. The molecule has 0 spiro atoms. The molecule has 2 aromatic heterocycles. The van der Waals surface area contributed by atoms with E-state index in [0.29, 0.717) is 36.2 Å². The van der Waals surface area contributed by atoms with E-state index >= 15 is 0 Å². The quantitative estimate of drug-likeness (QED) is 0.627. The van der Waals surface area contributed by atoms with Gasteiger partial charge in [0.15, 0.2) is 0 Å². The van der Waals surface area contributed by atoms with E-state index in [1.807, 2.05) is 0 Å². The van der Waals surface area contributed by atoms with Crippen molar-refractivity contribution in [1.29, 1.82) is 0 Å². The van der Waals surface area contributed by atoms with Crippen LogP contribution in [0, 0.1) is 19.8 Å². The van der Waals surface area contributed by atoms with Gasteiger partial charge in [0.05, 0.1) is 23.1 Å². The van der Waals surface area contributed by atoms with E-state index < -0.39 is 23.3 Å². The van der Waals surface area contributed by atoms with E-state index in [4.69, 9.17) is 4.42 Å². The van der Waals surface area contributed by atoms with Gasteiger partial charge in [-0.2, -0.15) is 13.2 Å². The lowest BCUT2D eigenvalue weighted by Crippen LogP contribution is -2.70. The van der Waals surface area contributed by atoms with Gasteiger partial charge in [-0.25, -0.2) is 9.48 Å². The van der Waals surface area contributed by atoms with Crippen LogP contribution in [-0.4, -0.2) is 42.2 Å². The van der Waals surface area contributed by atoms with Crippen LogP contribution in [0.1, 0.15) is 49.2 Å².